The van der Waals surface area contributed by atoms with E-state index in [1.165, 1.54) is 0 Å². The quantitative estimate of drug-likeness (QED) is 0.622. The van der Waals surface area contributed by atoms with Crippen molar-refractivity contribution in [3.63, 3.8) is 0 Å². The van der Waals surface area contributed by atoms with Crippen molar-refractivity contribution in [3.05, 3.63) is 36.4 Å². The maximum Gasteiger partial charge on any atom is 0.254 e. The first-order valence-electron chi connectivity index (χ1n) is 3.49. The van der Waals surface area contributed by atoms with Crippen LogP contribution < -0.4 is 0 Å². The van der Waals surface area contributed by atoms with E-state index in [0.29, 0.717) is 5.69 Å². The van der Waals surface area contributed by atoms with E-state index in [-0.39, 0.29) is 0 Å². The lowest BCUT2D eigenvalue weighted by molar-refractivity contribution is 0.562. The molecule has 0 aliphatic heterocycles. The van der Waals surface area contributed by atoms with Gasteiger partial charge in [-0.05, 0) is 12.1 Å². The van der Waals surface area contributed by atoms with Crippen molar-refractivity contribution in [2.24, 2.45) is 0 Å². The van der Waals surface area contributed by atoms with Gasteiger partial charge < -0.3 is 0 Å². The Kier molecular flexibility index (Phi) is 1.55. The van der Waals surface area contributed by atoms with E-state index >= 15 is 0 Å². The van der Waals surface area contributed by atoms with Gasteiger partial charge in [-0.2, -0.15) is 0 Å². The fraction of sp³-hybridized carbons (Fsp3) is 0. The Morgan fingerprint density at radius 2 is 2.17 bits per heavy atom. The molecule has 3 heteroatoms. The molecule has 0 spiro atoms. The maximum atomic E-state index is 10.4. The fourth-order valence-corrected chi connectivity index (χ4v) is 1.10. The molecule has 0 saturated heterocycles. The van der Waals surface area contributed by atoms with E-state index in [4.69, 9.17) is 0 Å². The second-order valence-corrected chi connectivity index (χ2v) is 2.36. The molecule has 0 aromatic carbocycles. The lowest BCUT2D eigenvalue weighted by Crippen LogP contribution is -1.88. The summed E-state index contributed by atoms with van der Waals surface area (Å²) in [6.45, 7) is 0. The third-order valence-electron chi connectivity index (χ3n) is 1.66. The van der Waals surface area contributed by atoms with Crippen LogP contribution >= 0.6 is 0 Å². The van der Waals surface area contributed by atoms with Crippen LogP contribution in [0.2, 0.25) is 0 Å². The number of aromatic nitrogens is 2. The molecule has 2 aromatic rings. The highest BCUT2D eigenvalue weighted by Crippen LogP contribution is 2.12. The normalized spacial score (nSPS) is 10.0. The van der Waals surface area contributed by atoms with Crippen molar-refractivity contribution in [1.82, 2.24) is 9.97 Å². The van der Waals surface area contributed by atoms with Gasteiger partial charge in [-0.25, -0.2) is 0 Å². The van der Waals surface area contributed by atoms with Gasteiger partial charge in [0.15, 0.2) is 0 Å². The molecular weight excluding hydrogens is 152 g/mol. The standard InChI is InChI=1S/C9H5N2O/c12-6-9-8-2-3-10-5-7(8)1-4-11-9/h1-5H. The van der Waals surface area contributed by atoms with Crippen LogP contribution in [0.4, 0.5) is 0 Å². The van der Waals surface area contributed by atoms with Gasteiger partial charge >= 0.3 is 0 Å². The highest BCUT2D eigenvalue weighted by atomic mass is 16.1. The Balaban J connectivity index is 2.88. The van der Waals surface area contributed by atoms with Gasteiger partial charge in [-0.1, -0.05) is 0 Å². The van der Waals surface area contributed by atoms with Crippen LogP contribution in [0.5, 0.6) is 0 Å². The SMILES string of the molecule is O=[C]c1nccc2cnccc12. The van der Waals surface area contributed by atoms with E-state index in [1.807, 2.05) is 6.07 Å². The van der Waals surface area contributed by atoms with Crippen LogP contribution in [-0.2, 0) is 4.79 Å². The molecule has 0 saturated carbocycles. The fourth-order valence-electron chi connectivity index (χ4n) is 1.10. The van der Waals surface area contributed by atoms with Crippen LogP contribution in [-0.4, -0.2) is 16.3 Å². The Bertz CT molecular complexity index is 420. The van der Waals surface area contributed by atoms with Gasteiger partial charge in [0.1, 0.15) is 5.69 Å². The summed E-state index contributed by atoms with van der Waals surface area (Å²) in [6.07, 6.45) is 6.68. The first kappa shape index (κ1) is 6.91. The molecule has 0 bridgehead atoms. The van der Waals surface area contributed by atoms with Crippen LogP contribution in [0.1, 0.15) is 5.69 Å². The van der Waals surface area contributed by atoms with Gasteiger partial charge in [0.25, 0.3) is 6.29 Å². The molecule has 1 radical (unpaired) electrons. The summed E-state index contributed by atoms with van der Waals surface area (Å²) in [5, 5.41) is 1.70. The van der Waals surface area contributed by atoms with Gasteiger partial charge in [0, 0.05) is 29.4 Å². The van der Waals surface area contributed by atoms with Gasteiger partial charge in [0.2, 0.25) is 0 Å². The summed E-state index contributed by atoms with van der Waals surface area (Å²) in [4.78, 5) is 18.2. The van der Waals surface area contributed by atoms with Crippen LogP contribution in [0.3, 0.4) is 0 Å². The van der Waals surface area contributed by atoms with Crippen molar-refractivity contribution in [3.8, 4) is 0 Å². The summed E-state index contributed by atoms with van der Waals surface area (Å²) in [6, 6.07) is 3.56. The second-order valence-electron chi connectivity index (χ2n) is 2.36. The van der Waals surface area contributed by atoms with Crippen molar-refractivity contribution < 1.29 is 4.79 Å². The molecule has 0 aliphatic carbocycles. The summed E-state index contributed by atoms with van der Waals surface area (Å²) < 4.78 is 0. The molecule has 0 N–H and O–H groups in total. The van der Waals surface area contributed by atoms with E-state index in [0.717, 1.165) is 10.8 Å². The first-order chi connectivity index (χ1) is 5.92. The summed E-state index contributed by atoms with van der Waals surface area (Å²) in [7, 11) is 0. The van der Waals surface area contributed by atoms with Crippen LogP contribution in [0.25, 0.3) is 10.8 Å². The maximum absolute atomic E-state index is 10.4. The second kappa shape index (κ2) is 2.70. The smallest absolute Gasteiger partial charge is 0.254 e. The summed E-state index contributed by atoms with van der Waals surface area (Å²) in [5.41, 5.74) is 0.343. The van der Waals surface area contributed by atoms with Gasteiger partial charge in [-0.15, -0.1) is 0 Å². The third-order valence-corrected chi connectivity index (χ3v) is 1.66. The zero-order valence-electron chi connectivity index (χ0n) is 6.19. The average Bonchev–Trinajstić information content (AvgIpc) is 2.17. The van der Waals surface area contributed by atoms with Gasteiger partial charge in [-0.3, -0.25) is 14.8 Å². The van der Waals surface area contributed by atoms with Crippen molar-refractivity contribution >= 4 is 17.1 Å². The van der Waals surface area contributed by atoms with E-state index in [2.05, 4.69) is 9.97 Å². The first-order valence-corrected chi connectivity index (χ1v) is 3.49. The van der Waals surface area contributed by atoms with Crippen molar-refractivity contribution in [1.29, 1.82) is 0 Å². The molecule has 0 atom stereocenters. The molecule has 0 aliphatic rings. The van der Waals surface area contributed by atoms with Crippen LogP contribution in [0.15, 0.2) is 30.7 Å². The number of carbonyl (C=O) groups excluding carboxylic acids is 1. The summed E-state index contributed by atoms with van der Waals surface area (Å²) in [5.74, 6) is 0. The lowest BCUT2D eigenvalue weighted by atomic mass is 10.2. The molecule has 57 valence electrons. The monoisotopic (exact) mass is 157 g/mol. The predicted molar refractivity (Wildman–Crippen MR) is 44.3 cm³/mol. The van der Waals surface area contributed by atoms with E-state index in [9.17, 15) is 4.79 Å². The molecule has 2 aromatic heterocycles. The Morgan fingerprint density at radius 1 is 1.25 bits per heavy atom. The zero-order chi connectivity index (χ0) is 8.39. The highest BCUT2D eigenvalue weighted by Gasteiger charge is 1.99. The Morgan fingerprint density at radius 3 is 3.00 bits per heavy atom. The number of rotatable bonds is 1. The average molecular weight is 157 g/mol. The molecular formula is C9H5N2O. The number of hydrogen-bond acceptors (Lipinski definition) is 3. The zero-order valence-corrected chi connectivity index (χ0v) is 6.19. The molecule has 2 heterocycles. The minimum atomic E-state index is 0.343. The molecule has 0 amide bonds. The number of nitrogens with zero attached hydrogens (tertiary/aromatic N) is 2. The summed E-state index contributed by atoms with van der Waals surface area (Å²) >= 11 is 0. The molecule has 0 unspecified atom stereocenters. The van der Waals surface area contributed by atoms with Gasteiger partial charge in [0.05, 0.1) is 0 Å². The number of hydrogen-bond donors (Lipinski definition) is 0. The predicted octanol–water partition coefficient (Wildman–Crippen LogP) is 1.09. The largest absolute Gasteiger partial charge is 0.283 e. The lowest BCUT2D eigenvalue weighted by Gasteiger charge is -1.96. The van der Waals surface area contributed by atoms with Crippen LogP contribution in [0, 0.1) is 0 Å². The minimum absolute atomic E-state index is 0.343. The molecule has 3 nitrogen and oxygen atoms in total. The Hall–Kier alpha value is -1.77. The topological polar surface area (TPSA) is 42.9 Å². The van der Waals surface area contributed by atoms with Crippen molar-refractivity contribution in [2.45, 2.75) is 0 Å². The molecule has 0 fully saturated rings. The number of pyridine rings is 2. The third kappa shape index (κ3) is 0.955. The number of fused-ring (bicyclic) bond motifs is 1. The van der Waals surface area contributed by atoms with E-state index in [1.54, 1.807) is 30.9 Å². The molecule has 12 heavy (non-hydrogen) atoms. The minimum Gasteiger partial charge on any atom is -0.283 e. The Labute approximate surface area is 69.1 Å². The van der Waals surface area contributed by atoms with E-state index < -0.39 is 0 Å². The highest BCUT2D eigenvalue weighted by molar-refractivity contribution is 5.95. The molecule has 2 rings (SSSR count). The van der Waals surface area contributed by atoms with Crippen molar-refractivity contribution in [2.75, 3.05) is 0 Å².